The summed E-state index contributed by atoms with van der Waals surface area (Å²) in [5, 5.41) is 6.85. The molecule has 0 saturated heterocycles. The van der Waals surface area contributed by atoms with Crippen molar-refractivity contribution in [3.05, 3.63) is 230 Å². The van der Waals surface area contributed by atoms with Gasteiger partial charge in [-0.15, -0.1) is 0 Å². The minimum Gasteiger partial charge on any atom is -0.456 e. The molecule has 13 aromatic rings. The smallest absolute Gasteiger partial charge is 0.143 e. The molecule has 0 aliphatic carbocycles. The predicted molar refractivity (Wildman–Crippen MR) is 285 cm³/mol. The van der Waals surface area contributed by atoms with Crippen LogP contribution in [0.5, 0.6) is 0 Å². The van der Waals surface area contributed by atoms with Crippen molar-refractivity contribution in [3.8, 4) is 39.1 Å². The number of furan rings is 2. The van der Waals surface area contributed by atoms with Gasteiger partial charge < -0.3 is 18.3 Å². The van der Waals surface area contributed by atoms with E-state index in [4.69, 9.17) is 8.83 Å². The average molecular weight is 875 g/mol. The van der Waals surface area contributed by atoms with E-state index in [0.717, 1.165) is 102 Å². The third-order valence-electron chi connectivity index (χ3n) is 14.0. The van der Waals surface area contributed by atoms with Crippen molar-refractivity contribution in [1.29, 1.82) is 0 Å². The number of aromatic nitrogens is 1. The molecule has 0 amide bonds. The highest BCUT2D eigenvalue weighted by atomic mass is 16.3. The van der Waals surface area contributed by atoms with Gasteiger partial charge in [0.15, 0.2) is 0 Å². The van der Waals surface area contributed by atoms with E-state index < -0.39 is 0 Å². The first-order chi connectivity index (χ1) is 33.6. The second-order valence-corrected chi connectivity index (χ2v) is 17.8. The Morgan fingerprint density at radius 1 is 0.382 bits per heavy atom. The van der Waals surface area contributed by atoms with Gasteiger partial charge >= 0.3 is 0 Å². The summed E-state index contributed by atoms with van der Waals surface area (Å²) in [7, 11) is 0. The summed E-state index contributed by atoms with van der Waals surface area (Å²) >= 11 is 0. The fourth-order valence-corrected chi connectivity index (χ4v) is 10.7. The number of aryl methyl sites for hydroxylation is 2. The van der Waals surface area contributed by atoms with Gasteiger partial charge in [0.05, 0.1) is 22.1 Å². The molecule has 0 bridgehead atoms. The Morgan fingerprint density at radius 2 is 1.00 bits per heavy atom. The molecule has 0 unspecified atom stereocenters. The molecule has 0 spiro atoms. The Bertz CT molecular complexity index is 4060. The van der Waals surface area contributed by atoms with Gasteiger partial charge in [0.25, 0.3) is 0 Å². The minimum absolute atomic E-state index is 0.846. The highest BCUT2D eigenvalue weighted by Gasteiger charge is 2.23. The summed E-state index contributed by atoms with van der Waals surface area (Å²) < 4.78 is 15.6. The lowest BCUT2D eigenvalue weighted by Crippen LogP contribution is -2.11. The summed E-state index contributed by atoms with van der Waals surface area (Å²) in [6.45, 7) is 4.50. The van der Waals surface area contributed by atoms with E-state index in [-0.39, 0.29) is 0 Å². The van der Waals surface area contributed by atoms with Crippen LogP contribution < -0.4 is 4.90 Å². The van der Waals surface area contributed by atoms with Crippen LogP contribution in [-0.4, -0.2) is 4.57 Å². The third-order valence-corrected chi connectivity index (χ3v) is 14.0. The van der Waals surface area contributed by atoms with Gasteiger partial charge in [-0.25, -0.2) is 0 Å². The highest BCUT2D eigenvalue weighted by molar-refractivity contribution is 6.15. The van der Waals surface area contributed by atoms with E-state index in [2.05, 4.69) is 230 Å². The largest absolute Gasteiger partial charge is 0.456 e. The Kier molecular flexibility index (Phi) is 9.40. The second kappa shape index (κ2) is 16.1. The quantitative estimate of drug-likeness (QED) is 0.145. The van der Waals surface area contributed by atoms with Gasteiger partial charge in [0, 0.05) is 49.6 Å². The molecule has 10 aromatic carbocycles. The van der Waals surface area contributed by atoms with E-state index >= 15 is 0 Å². The van der Waals surface area contributed by atoms with E-state index in [1.807, 2.05) is 12.1 Å². The van der Waals surface area contributed by atoms with Crippen molar-refractivity contribution >= 4 is 82.7 Å². The Labute approximate surface area is 394 Å². The van der Waals surface area contributed by atoms with Crippen LogP contribution in [0.25, 0.3) is 105 Å². The standard InChI is InChI=1S/C64H46N2O2/c1-3-41-16-8-9-19-49(41)50-35-34-48(38-42(50)4-2)65(47-32-28-43(29-33-47)51-22-14-23-54-53-21-11-13-26-60(53)68-64(51)54)59-25-15-27-62-63(59)56-40-45(31-37-61(56)67-62)44-30-36-58-55(39-44)52-20-10-12-24-57(52)66(58)46-17-6-5-7-18-46/h5-40H,3-4H2,1-2H3. The van der Waals surface area contributed by atoms with Gasteiger partial charge in [-0.1, -0.05) is 147 Å². The third kappa shape index (κ3) is 6.36. The van der Waals surface area contributed by atoms with E-state index in [9.17, 15) is 0 Å². The first-order valence-corrected chi connectivity index (χ1v) is 23.7. The summed E-state index contributed by atoms with van der Waals surface area (Å²) in [4.78, 5) is 2.41. The molecule has 0 fully saturated rings. The molecular formula is C64H46N2O2. The van der Waals surface area contributed by atoms with Crippen molar-refractivity contribution < 1.29 is 8.83 Å². The van der Waals surface area contributed by atoms with E-state index in [1.165, 1.54) is 44.1 Å². The van der Waals surface area contributed by atoms with Crippen LogP contribution in [0.1, 0.15) is 25.0 Å². The topological polar surface area (TPSA) is 34.5 Å². The van der Waals surface area contributed by atoms with Crippen LogP contribution in [0, 0.1) is 0 Å². The zero-order valence-corrected chi connectivity index (χ0v) is 37.9. The van der Waals surface area contributed by atoms with Gasteiger partial charge in [-0.3, -0.25) is 0 Å². The maximum atomic E-state index is 6.74. The SMILES string of the molecule is CCc1ccccc1-c1ccc(N(c2ccc(-c3cccc4c3oc3ccccc34)cc2)c2cccc3oc4ccc(-c5ccc6c(c5)c5ccccc5n6-c5ccccc5)cc4c23)cc1CC. The van der Waals surface area contributed by atoms with Gasteiger partial charge in [0.2, 0.25) is 0 Å². The molecular weight excluding hydrogens is 829 g/mol. The van der Waals surface area contributed by atoms with Crippen molar-refractivity contribution in [1.82, 2.24) is 4.57 Å². The lowest BCUT2D eigenvalue weighted by Gasteiger charge is -2.27. The molecule has 0 radical (unpaired) electrons. The van der Waals surface area contributed by atoms with Gasteiger partial charge in [-0.05, 0) is 137 Å². The molecule has 0 saturated carbocycles. The molecule has 0 atom stereocenters. The maximum Gasteiger partial charge on any atom is 0.143 e. The zero-order chi connectivity index (χ0) is 45.3. The monoisotopic (exact) mass is 874 g/mol. The number of rotatable bonds is 9. The van der Waals surface area contributed by atoms with Crippen LogP contribution in [0.3, 0.4) is 0 Å². The number of hydrogen-bond acceptors (Lipinski definition) is 3. The number of benzene rings is 10. The molecule has 0 aliphatic heterocycles. The first kappa shape index (κ1) is 39.7. The van der Waals surface area contributed by atoms with Crippen LogP contribution in [0.15, 0.2) is 227 Å². The van der Waals surface area contributed by atoms with Crippen molar-refractivity contribution in [2.75, 3.05) is 4.90 Å². The number of hydrogen-bond donors (Lipinski definition) is 0. The lowest BCUT2D eigenvalue weighted by atomic mass is 9.92. The molecule has 0 N–H and O–H groups in total. The van der Waals surface area contributed by atoms with Crippen molar-refractivity contribution in [3.63, 3.8) is 0 Å². The van der Waals surface area contributed by atoms with E-state index in [1.54, 1.807) is 0 Å². The highest BCUT2D eigenvalue weighted by Crippen LogP contribution is 2.46. The fraction of sp³-hybridized carbons (Fsp3) is 0.0625. The molecule has 68 heavy (non-hydrogen) atoms. The van der Waals surface area contributed by atoms with E-state index in [0.29, 0.717) is 0 Å². The molecule has 3 heterocycles. The number of anilines is 3. The summed E-state index contributed by atoms with van der Waals surface area (Å²) in [5.74, 6) is 0. The average Bonchev–Trinajstić information content (AvgIpc) is 4.09. The first-order valence-electron chi connectivity index (χ1n) is 23.7. The van der Waals surface area contributed by atoms with Crippen molar-refractivity contribution in [2.45, 2.75) is 26.7 Å². The predicted octanol–water partition coefficient (Wildman–Crippen LogP) is 18.2. The molecule has 0 aliphatic rings. The second-order valence-electron chi connectivity index (χ2n) is 17.8. The van der Waals surface area contributed by atoms with Crippen LogP contribution in [-0.2, 0) is 12.8 Å². The number of fused-ring (bicyclic) bond motifs is 9. The molecule has 4 nitrogen and oxygen atoms in total. The zero-order valence-electron chi connectivity index (χ0n) is 37.9. The fourth-order valence-electron chi connectivity index (χ4n) is 10.7. The lowest BCUT2D eigenvalue weighted by molar-refractivity contribution is 0.669. The number of para-hydroxylation sites is 4. The van der Waals surface area contributed by atoms with Crippen LogP contribution in [0.2, 0.25) is 0 Å². The summed E-state index contributed by atoms with van der Waals surface area (Å²) in [6, 6.07) is 78.8. The maximum absolute atomic E-state index is 6.74. The van der Waals surface area contributed by atoms with Crippen LogP contribution in [0.4, 0.5) is 17.1 Å². The molecule has 324 valence electrons. The van der Waals surface area contributed by atoms with Gasteiger partial charge in [-0.2, -0.15) is 0 Å². The Balaban J connectivity index is 0.983. The Morgan fingerprint density at radius 3 is 1.85 bits per heavy atom. The normalized spacial score (nSPS) is 11.8. The number of nitrogens with zero attached hydrogens (tertiary/aromatic N) is 2. The minimum atomic E-state index is 0.846. The molecule has 3 aromatic heterocycles. The molecule has 4 heteroatoms. The summed E-state index contributed by atoms with van der Waals surface area (Å²) in [6.07, 6.45) is 1.87. The summed E-state index contributed by atoms with van der Waals surface area (Å²) in [5.41, 5.74) is 19.9. The molecule has 13 rings (SSSR count). The van der Waals surface area contributed by atoms with Crippen molar-refractivity contribution in [2.24, 2.45) is 0 Å². The van der Waals surface area contributed by atoms with Gasteiger partial charge in [0.1, 0.15) is 22.3 Å². The van der Waals surface area contributed by atoms with Crippen LogP contribution >= 0.6 is 0 Å². The Hall–Kier alpha value is -8.60.